The Hall–Kier alpha value is -2.29. The fourth-order valence-electron chi connectivity index (χ4n) is 4.86. The normalized spacial score (nSPS) is 38.5. The second kappa shape index (κ2) is 14.8. The topological polar surface area (TPSA) is 120 Å². The number of aliphatic hydroxyl groups is 4. The van der Waals surface area contributed by atoms with Gasteiger partial charge in [-0.15, -0.1) is 0 Å². The number of cyclic esters (lactones) is 1. The summed E-state index contributed by atoms with van der Waals surface area (Å²) >= 11 is 0. The zero-order valence-electron chi connectivity index (χ0n) is 23.3. The van der Waals surface area contributed by atoms with Crippen molar-refractivity contribution < 1.29 is 34.7 Å². The minimum atomic E-state index is -1.51. The third-order valence-electron chi connectivity index (χ3n) is 7.26. The molecule has 0 radical (unpaired) electrons. The zero-order valence-corrected chi connectivity index (χ0v) is 23.3. The quantitative estimate of drug-likeness (QED) is 0.245. The van der Waals surface area contributed by atoms with Crippen LogP contribution in [0.2, 0.25) is 0 Å². The van der Waals surface area contributed by atoms with Gasteiger partial charge in [0.1, 0.15) is 36.6 Å². The highest BCUT2D eigenvalue weighted by atomic mass is 16.6. The molecule has 1 saturated heterocycles. The smallest absolute Gasteiger partial charge is 0.331 e. The van der Waals surface area contributed by atoms with Gasteiger partial charge in [0.15, 0.2) is 0 Å². The van der Waals surface area contributed by atoms with Crippen molar-refractivity contribution in [2.24, 2.45) is 11.8 Å². The number of carbonyl (C=O) groups excluding carboxylic acids is 1. The van der Waals surface area contributed by atoms with Crippen molar-refractivity contribution in [3.8, 4) is 0 Å². The molecule has 0 aromatic rings. The van der Waals surface area contributed by atoms with Crippen molar-refractivity contribution in [3.05, 3.63) is 72.4 Å². The van der Waals surface area contributed by atoms with E-state index in [1.54, 1.807) is 25.2 Å². The van der Waals surface area contributed by atoms with Gasteiger partial charge in [0.05, 0.1) is 6.10 Å². The Morgan fingerprint density at radius 3 is 2.37 bits per heavy atom. The molecule has 2 heterocycles. The fourth-order valence-corrected chi connectivity index (χ4v) is 4.86. The number of allylic oxidation sites excluding steroid dienone is 5. The van der Waals surface area contributed by atoms with Gasteiger partial charge in [-0.05, 0) is 61.2 Å². The van der Waals surface area contributed by atoms with Crippen LogP contribution in [0.5, 0.6) is 0 Å². The van der Waals surface area contributed by atoms with Crippen LogP contribution < -0.4 is 0 Å². The van der Waals surface area contributed by atoms with Crippen LogP contribution in [-0.4, -0.2) is 69.1 Å². The summed E-state index contributed by atoms with van der Waals surface area (Å²) in [5, 5.41) is 41.8. The van der Waals surface area contributed by atoms with E-state index in [2.05, 4.69) is 33.6 Å². The van der Waals surface area contributed by atoms with E-state index >= 15 is 0 Å². The number of epoxide rings is 1. The molecular weight excluding hydrogens is 484 g/mol. The van der Waals surface area contributed by atoms with Gasteiger partial charge in [0.25, 0.3) is 0 Å². The summed E-state index contributed by atoms with van der Waals surface area (Å²) in [6, 6.07) is 0. The van der Waals surface area contributed by atoms with E-state index in [0.29, 0.717) is 29.9 Å². The highest BCUT2D eigenvalue weighted by Gasteiger charge is 2.51. The molecule has 2 aliphatic heterocycles. The summed E-state index contributed by atoms with van der Waals surface area (Å²) in [5.41, 5.74) is 1.70. The Kier molecular flexibility index (Phi) is 12.4. The first-order valence-corrected chi connectivity index (χ1v) is 13.5. The number of ether oxygens (including phenoxy) is 2. The van der Waals surface area contributed by atoms with Crippen molar-refractivity contribution >= 4 is 5.97 Å². The highest BCUT2D eigenvalue weighted by molar-refractivity contribution is 5.83. The summed E-state index contributed by atoms with van der Waals surface area (Å²) < 4.78 is 11.9. The number of hydrogen-bond acceptors (Lipinski definition) is 7. The summed E-state index contributed by atoms with van der Waals surface area (Å²) in [6.07, 6.45) is 5.05. The van der Waals surface area contributed by atoms with E-state index in [1.165, 1.54) is 12.2 Å². The Labute approximate surface area is 227 Å². The number of carbonyl (C=O) groups is 1. The molecule has 2 rings (SSSR count). The second-order valence-electron chi connectivity index (χ2n) is 10.8. The third-order valence-corrected chi connectivity index (χ3v) is 7.26. The molecule has 0 aromatic heterocycles. The number of hydrogen-bond donors (Lipinski definition) is 4. The van der Waals surface area contributed by atoms with Crippen molar-refractivity contribution in [1.29, 1.82) is 0 Å². The minimum absolute atomic E-state index is 0.0474. The van der Waals surface area contributed by atoms with Crippen LogP contribution in [-0.2, 0) is 14.3 Å². The SMILES string of the molecule is C=C1C/C=C/[C@@H](O)[C@H](O)C(=C)[C@@H](O)[C@H](O)C(=C)C/C=C/C(C)=C/C(=O)O[C@@H]([C@H]2O[C@H]2[C@@H](C)CCC)[C@@H](C)C1. The Balaban J connectivity index is 2.28. The predicted molar refractivity (Wildman–Crippen MR) is 149 cm³/mol. The van der Waals surface area contributed by atoms with Crippen molar-refractivity contribution in [2.45, 2.75) is 103 Å². The molecule has 0 aliphatic carbocycles. The summed E-state index contributed by atoms with van der Waals surface area (Å²) in [4.78, 5) is 12.8. The monoisotopic (exact) mass is 530 g/mol. The van der Waals surface area contributed by atoms with Gasteiger partial charge < -0.3 is 29.9 Å². The standard InChI is InChI=1S/C31H46O7/c1-8-11-21(5)29-31(38-29)30-22(6)16-18(2)13-10-15-24(32)27(35)23(7)28(36)26(34)20(4)14-9-12-19(3)17-25(33)37-30/h9-10,12,15,17,21-22,24,26-32,34-36H,2,4,7-8,11,13-14,16H2,1,3,5-6H3/b12-9+,15-10+,19-17+/t21-,22-,24+,26+,27+,28+,29-,30+,31-/m0/s1. The third kappa shape index (κ3) is 9.17. The predicted octanol–water partition coefficient (Wildman–Crippen LogP) is 4.09. The molecule has 38 heavy (non-hydrogen) atoms. The van der Waals surface area contributed by atoms with E-state index in [1.807, 2.05) is 6.92 Å². The van der Waals surface area contributed by atoms with E-state index < -0.39 is 36.5 Å². The van der Waals surface area contributed by atoms with Crippen LogP contribution in [0.4, 0.5) is 0 Å². The maximum Gasteiger partial charge on any atom is 0.331 e. The first-order valence-electron chi connectivity index (χ1n) is 13.5. The lowest BCUT2D eigenvalue weighted by Gasteiger charge is -2.26. The Bertz CT molecular complexity index is 946. The molecule has 7 heteroatoms. The van der Waals surface area contributed by atoms with Gasteiger partial charge in [-0.25, -0.2) is 4.79 Å². The average Bonchev–Trinajstić information content (AvgIpc) is 3.65. The molecule has 2 aliphatic rings. The first-order chi connectivity index (χ1) is 17.9. The summed E-state index contributed by atoms with van der Waals surface area (Å²) in [5.74, 6) is -0.134. The lowest BCUT2D eigenvalue weighted by molar-refractivity contribution is -0.146. The van der Waals surface area contributed by atoms with Gasteiger partial charge >= 0.3 is 5.97 Å². The van der Waals surface area contributed by atoms with Gasteiger partial charge in [-0.3, -0.25) is 0 Å². The molecular formula is C31H46O7. The lowest BCUT2D eigenvalue weighted by Crippen LogP contribution is -2.37. The Morgan fingerprint density at radius 1 is 1.03 bits per heavy atom. The van der Waals surface area contributed by atoms with Crippen molar-refractivity contribution in [3.63, 3.8) is 0 Å². The van der Waals surface area contributed by atoms with E-state index in [9.17, 15) is 25.2 Å². The molecule has 0 aromatic carbocycles. The summed E-state index contributed by atoms with van der Waals surface area (Å²) in [6.45, 7) is 19.7. The minimum Gasteiger partial charge on any atom is -0.456 e. The summed E-state index contributed by atoms with van der Waals surface area (Å²) in [7, 11) is 0. The van der Waals surface area contributed by atoms with Gasteiger partial charge in [0, 0.05) is 6.08 Å². The lowest BCUT2D eigenvalue weighted by atomic mass is 9.89. The molecule has 0 spiro atoms. The van der Waals surface area contributed by atoms with Crippen molar-refractivity contribution in [2.75, 3.05) is 0 Å². The van der Waals surface area contributed by atoms with Crippen molar-refractivity contribution in [1.82, 2.24) is 0 Å². The number of rotatable bonds is 4. The largest absolute Gasteiger partial charge is 0.456 e. The maximum atomic E-state index is 12.8. The number of esters is 1. The van der Waals surface area contributed by atoms with Crippen LogP contribution >= 0.6 is 0 Å². The fraction of sp³-hybridized carbons (Fsp3) is 0.581. The van der Waals surface area contributed by atoms with Crippen LogP contribution in [0.3, 0.4) is 0 Å². The maximum absolute atomic E-state index is 12.8. The molecule has 0 amide bonds. The zero-order chi connectivity index (χ0) is 28.6. The molecule has 0 bridgehead atoms. The second-order valence-corrected chi connectivity index (χ2v) is 10.8. The average molecular weight is 531 g/mol. The van der Waals surface area contributed by atoms with Crippen LogP contribution in [0.25, 0.3) is 0 Å². The van der Waals surface area contributed by atoms with E-state index in [4.69, 9.17) is 9.47 Å². The molecule has 0 saturated carbocycles. The van der Waals surface area contributed by atoms with Gasteiger partial charge in [0.2, 0.25) is 0 Å². The number of aliphatic hydroxyl groups excluding tert-OH is 4. The molecule has 0 unspecified atom stereocenters. The molecule has 9 atom stereocenters. The molecule has 1 fully saturated rings. The molecule has 212 valence electrons. The van der Waals surface area contributed by atoms with Crippen LogP contribution in [0, 0.1) is 11.8 Å². The highest BCUT2D eigenvalue weighted by Crippen LogP contribution is 2.39. The molecule has 7 nitrogen and oxygen atoms in total. The Morgan fingerprint density at radius 2 is 1.71 bits per heavy atom. The van der Waals surface area contributed by atoms with Crippen LogP contribution in [0.1, 0.15) is 59.8 Å². The van der Waals surface area contributed by atoms with Crippen LogP contribution in [0.15, 0.2) is 72.4 Å². The van der Waals surface area contributed by atoms with Gasteiger partial charge in [-0.1, -0.05) is 76.8 Å². The first kappa shape index (κ1) is 31.9. The van der Waals surface area contributed by atoms with E-state index in [0.717, 1.165) is 18.4 Å². The molecule has 4 N–H and O–H groups in total. The van der Waals surface area contributed by atoms with Gasteiger partial charge in [-0.2, -0.15) is 0 Å². The van der Waals surface area contributed by atoms with E-state index in [-0.39, 0.29) is 30.1 Å².